The average molecular weight is 192 g/mol. The normalized spacial score (nSPS) is 11.1. The highest BCUT2D eigenvalue weighted by molar-refractivity contribution is 5.00. The first-order valence-corrected chi connectivity index (χ1v) is 4.50. The minimum Gasteiger partial charge on any atom is -0.246 e. The SMILES string of the molecule is CC(C)c1cn(Cc2cn[nH]n2)nn1. The highest BCUT2D eigenvalue weighted by atomic mass is 15.4. The van der Waals surface area contributed by atoms with Crippen LogP contribution < -0.4 is 0 Å². The molecule has 0 aliphatic carbocycles. The van der Waals surface area contributed by atoms with E-state index in [1.807, 2.05) is 6.20 Å². The highest BCUT2D eigenvalue weighted by Crippen LogP contribution is 2.09. The second-order valence-electron chi connectivity index (χ2n) is 3.46. The van der Waals surface area contributed by atoms with Crippen molar-refractivity contribution >= 4 is 0 Å². The zero-order valence-corrected chi connectivity index (χ0v) is 8.18. The van der Waals surface area contributed by atoms with Crippen molar-refractivity contribution in [1.82, 2.24) is 30.4 Å². The molecule has 0 atom stereocenters. The molecule has 74 valence electrons. The van der Waals surface area contributed by atoms with E-state index in [2.05, 4.69) is 39.6 Å². The summed E-state index contributed by atoms with van der Waals surface area (Å²) in [6.45, 7) is 4.78. The third-order valence-corrected chi connectivity index (χ3v) is 1.94. The number of aromatic amines is 1. The number of hydrogen-bond donors (Lipinski definition) is 1. The Kier molecular flexibility index (Phi) is 2.26. The summed E-state index contributed by atoms with van der Waals surface area (Å²) < 4.78 is 1.76. The van der Waals surface area contributed by atoms with Crippen molar-refractivity contribution in [1.29, 1.82) is 0 Å². The van der Waals surface area contributed by atoms with E-state index in [-0.39, 0.29) is 0 Å². The molecule has 6 nitrogen and oxygen atoms in total. The van der Waals surface area contributed by atoms with Gasteiger partial charge in [0.05, 0.1) is 18.4 Å². The number of H-pyrrole nitrogens is 1. The van der Waals surface area contributed by atoms with Gasteiger partial charge >= 0.3 is 0 Å². The summed E-state index contributed by atoms with van der Waals surface area (Å²) in [5, 5.41) is 18.3. The highest BCUT2D eigenvalue weighted by Gasteiger charge is 2.05. The Bertz CT molecular complexity index is 388. The largest absolute Gasteiger partial charge is 0.246 e. The van der Waals surface area contributed by atoms with Crippen LogP contribution in [0.3, 0.4) is 0 Å². The molecule has 2 aromatic rings. The van der Waals surface area contributed by atoms with Crippen molar-refractivity contribution in [3.8, 4) is 0 Å². The molecule has 0 aliphatic heterocycles. The van der Waals surface area contributed by atoms with E-state index in [1.54, 1.807) is 10.9 Å². The van der Waals surface area contributed by atoms with Crippen molar-refractivity contribution in [2.45, 2.75) is 26.3 Å². The van der Waals surface area contributed by atoms with Gasteiger partial charge in [-0.2, -0.15) is 15.4 Å². The molecule has 2 heterocycles. The second-order valence-corrected chi connectivity index (χ2v) is 3.46. The molecule has 0 saturated heterocycles. The van der Waals surface area contributed by atoms with E-state index in [1.165, 1.54) is 0 Å². The number of rotatable bonds is 3. The lowest BCUT2D eigenvalue weighted by Gasteiger charge is -1.95. The molecule has 0 bridgehead atoms. The van der Waals surface area contributed by atoms with Crippen molar-refractivity contribution in [3.63, 3.8) is 0 Å². The van der Waals surface area contributed by atoms with Crippen LogP contribution in [0.15, 0.2) is 12.4 Å². The fourth-order valence-corrected chi connectivity index (χ4v) is 1.12. The summed E-state index contributed by atoms with van der Waals surface area (Å²) in [7, 11) is 0. The molecule has 0 aromatic carbocycles. The number of nitrogens with one attached hydrogen (secondary N) is 1. The van der Waals surface area contributed by atoms with Gasteiger partial charge in [0.25, 0.3) is 0 Å². The number of aromatic nitrogens is 6. The molecule has 14 heavy (non-hydrogen) atoms. The first-order chi connectivity index (χ1) is 6.75. The smallest absolute Gasteiger partial charge is 0.104 e. The molecular weight excluding hydrogens is 180 g/mol. The van der Waals surface area contributed by atoms with Crippen molar-refractivity contribution in [2.75, 3.05) is 0 Å². The molecule has 1 N–H and O–H groups in total. The number of nitrogens with zero attached hydrogens (tertiary/aromatic N) is 5. The summed E-state index contributed by atoms with van der Waals surface area (Å²) in [4.78, 5) is 0. The average Bonchev–Trinajstić information content (AvgIpc) is 2.75. The van der Waals surface area contributed by atoms with Gasteiger partial charge in [-0.15, -0.1) is 5.10 Å². The predicted octanol–water partition coefficient (Wildman–Crippen LogP) is 0.568. The van der Waals surface area contributed by atoms with Crippen LogP contribution >= 0.6 is 0 Å². The lowest BCUT2D eigenvalue weighted by molar-refractivity contribution is 0.636. The third-order valence-electron chi connectivity index (χ3n) is 1.94. The van der Waals surface area contributed by atoms with Crippen LogP contribution in [0, 0.1) is 0 Å². The summed E-state index contributed by atoms with van der Waals surface area (Å²) in [6, 6.07) is 0. The Hall–Kier alpha value is -1.72. The fourth-order valence-electron chi connectivity index (χ4n) is 1.12. The second kappa shape index (κ2) is 3.57. The van der Waals surface area contributed by atoms with Crippen LogP contribution in [0.4, 0.5) is 0 Å². The van der Waals surface area contributed by atoms with E-state index >= 15 is 0 Å². The molecule has 0 unspecified atom stereocenters. The molecule has 6 heteroatoms. The molecule has 2 rings (SSSR count). The van der Waals surface area contributed by atoms with Gasteiger partial charge in [-0.1, -0.05) is 19.1 Å². The van der Waals surface area contributed by atoms with Crippen molar-refractivity contribution in [3.05, 3.63) is 23.8 Å². The molecule has 2 aromatic heterocycles. The monoisotopic (exact) mass is 192 g/mol. The third kappa shape index (κ3) is 1.78. The molecule has 0 radical (unpaired) electrons. The van der Waals surface area contributed by atoms with Gasteiger partial charge in [0.1, 0.15) is 5.69 Å². The number of hydrogen-bond acceptors (Lipinski definition) is 4. The minimum atomic E-state index is 0.404. The van der Waals surface area contributed by atoms with Crippen LogP contribution in [-0.4, -0.2) is 30.4 Å². The Morgan fingerprint density at radius 1 is 1.50 bits per heavy atom. The standard InChI is InChI=1S/C8H12N6/c1-6(2)8-5-14(13-11-8)4-7-3-9-12-10-7/h3,5-6H,4H2,1-2H3,(H,9,10,12). The van der Waals surface area contributed by atoms with Gasteiger partial charge in [-0.05, 0) is 5.92 Å². The molecule has 0 spiro atoms. The quantitative estimate of drug-likeness (QED) is 0.771. The van der Waals surface area contributed by atoms with Crippen molar-refractivity contribution < 1.29 is 0 Å². The predicted molar refractivity (Wildman–Crippen MR) is 49.6 cm³/mol. The lowest BCUT2D eigenvalue weighted by Crippen LogP contribution is -2.00. The zero-order valence-electron chi connectivity index (χ0n) is 8.18. The van der Waals surface area contributed by atoms with E-state index in [0.717, 1.165) is 11.4 Å². The van der Waals surface area contributed by atoms with Crippen LogP contribution in [0.5, 0.6) is 0 Å². The van der Waals surface area contributed by atoms with E-state index in [9.17, 15) is 0 Å². The fraction of sp³-hybridized carbons (Fsp3) is 0.500. The van der Waals surface area contributed by atoms with E-state index < -0.39 is 0 Å². The Labute approximate surface area is 81.3 Å². The van der Waals surface area contributed by atoms with Crippen LogP contribution in [-0.2, 0) is 6.54 Å². The van der Waals surface area contributed by atoms with Gasteiger partial charge in [0, 0.05) is 6.20 Å². The van der Waals surface area contributed by atoms with Gasteiger partial charge in [0.2, 0.25) is 0 Å². The van der Waals surface area contributed by atoms with Gasteiger partial charge < -0.3 is 0 Å². The summed E-state index contributed by atoms with van der Waals surface area (Å²) in [5.41, 5.74) is 1.85. The Morgan fingerprint density at radius 2 is 2.36 bits per heavy atom. The summed E-state index contributed by atoms with van der Waals surface area (Å²) >= 11 is 0. The van der Waals surface area contributed by atoms with Crippen LogP contribution in [0.25, 0.3) is 0 Å². The molecule has 0 amide bonds. The summed E-state index contributed by atoms with van der Waals surface area (Å²) in [5.74, 6) is 0.404. The topological polar surface area (TPSA) is 72.3 Å². The van der Waals surface area contributed by atoms with Gasteiger partial charge in [-0.25, -0.2) is 4.68 Å². The van der Waals surface area contributed by atoms with Gasteiger partial charge in [-0.3, -0.25) is 0 Å². The maximum absolute atomic E-state index is 4.05. The first kappa shape index (κ1) is 8.86. The van der Waals surface area contributed by atoms with E-state index in [4.69, 9.17) is 0 Å². The van der Waals surface area contributed by atoms with Gasteiger partial charge in [0.15, 0.2) is 0 Å². The van der Waals surface area contributed by atoms with Crippen molar-refractivity contribution in [2.24, 2.45) is 0 Å². The van der Waals surface area contributed by atoms with Crippen LogP contribution in [0.1, 0.15) is 31.2 Å². The summed E-state index contributed by atoms with van der Waals surface area (Å²) in [6.07, 6.45) is 3.61. The lowest BCUT2D eigenvalue weighted by atomic mass is 10.2. The zero-order chi connectivity index (χ0) is 9.97. The Balaban J connectivity index is 2.11. The molecule has 0 fully saturated rings. The first-order valence-electron chi connectivity index (χ1n) is 4.50. The maximum Gasteiger partial charge on any atom is 0.104 e. The van der Waals surface area contributed by atoms with Crippen LogP contribution in [0.2, 0.25) is 0 Å². The Morgan fingerprint density at radius 3 is 2.93 bits per heavy atom. The molecule has 0 aliphatic rings. The maximum atomic E-state index is 4.05. The molecular formula is C8H12N6. The van der Waals surface area contributed by atoms with E-state index in [0.29, 0.717) is 12.5 Å². The minimum absolute atomic E-state index is 0.404. The molecule has 0 saturated carbocycles.